The lowest BCUT2D eigenvalue weighted by Gasteiger charge is -2.38. The van der Waals surface area contributed by atoms with Crippen molar-refractivity contribution in [3.63, 3.8) is 0 Å². The lowest BCUT2D eigenvalue weighted by Crippen LogP contribution is -2.40. The molecular weight excluding hydrogens is 260 g/mol. The van der Waals surface area contributed by atoms with Gasteiger partial charge in [0.15, 0.2) is 0 Å². The molecule has 0 bridgehead atoms. The Balaban J connectivity index is 2.45. The van der Waals surface area contributed by atoms with Crippen molar-refractivity contribution in [1.82, 2.24) is 0 Å². The zero-order valence-corrected chi connectivity index (χ0v) is 14.0. The fourth-order valence-corrected chi connectivity index (χ4v) is 3.34. The first kappa shape index (κ1) is 16.1. The molecule has 2 heteroatoms. The molecule has 116 valence electrons. The van der Waals surface area contributed by atoms with Gasteiger partial charge >= 0.3 is 5.97 Å². The summed E-state index contributed by atoms with van der Waals surface area (Å²) < 4.78 is 5.17. The van der Waals surface area contributed by atoms with Crippen LogP contribution in [-0.2, 0) is 20.4 Å². The first-order valence-corrected chi connectivity index (χ1v) is 7.99. The number of rotatable bonds is 2. The maximum absolute atomic E-state index is 12.5. The summed E-state index contributed by atoms with van der Waals surface area (Å²) in [6, 6.07) is 8.55. The van der Waals surface area contributed by atoms with Crippen LogP contribution >= 0.6 is 0 Å². The number of carbonyl (C=O) groups is 1. The molecule has 0 aliphatic heterocycles. The van der Waals surface area contributed by atoms with Crippen LogP contribution in [0.15, 0.2) is 24.3 Å². The molecule has 2 rings (SSSR count). The third kappa shape index (κ3) is 3.14. The van der Waals surface area contributed by atoms with Gasteiger partial charge in [-0.1, -0.05) is 52.0 Å². The van der Waals surface area contributed by atoms with Gasteiger partial charge in [-0.25, -0.2) is 0 Å². The van der Waals surface area contributed by atoms with Gasteiger partial charge in [-0.05, 0) is 48.1 Å². The Bertz CT molecular complexity index is 503. The molecule has 2 nitrogen and oxygen atoms in total. The van der Waals surface area contributed by atoms with Gasteiger partial charge in [0.2, 0.25) is 0 Å². The first-order valence-electron chi connectivity index (χ1n) is 7.99. The number of esters is 1. The largest absolute Gasteiger partial charge is 0.468 e. The summed E-state index contributed by atoms with van der Waals surface area (Å²) in [4.78, 5) is 12.5. The number of hydrogen-bond donors (Lipinski definition) is 0. The van der Waals surface area contributed by atoms with Crippen molar-refractivity contribution in [2.45, 2.75) is 64.2 Å². The van der Waals surface area contributed by atoms with Gasteiger partial charge in [0, 0.05) is 0 Å². The van der Waals surface area contributed by atoms with E-state index in [4.69, 9.17) is 4.74 Å². The second kappa shape index (κ2) is 5.82. The maximum atomic E-state index is 12.5. The maximum Gasteiger partial charge on any atom is 0.316 e. The first-order chi connectivity index (χ1) is 9.79. The van der Waals surface area contributed by atoms with Gasteiger partial charge in [0.05, 0.1) is 12.5 Å². The number of carbonyl (C=O) groups excluding carboxylic acids is 1. The molecule has 0 radical (unpaired) electrons. The van der Waals surface area contributed by atoms with Crippen molar-refractivity contribution in [3.05, 3.63) is 35.4 Å². The number of methoxy groups -OCH3 is 1. The second-order valence-electron chi connectivity index (χ2n) is 7.59. The van der Waals surface area contributed by atoms with Gasteiger partial charge in [-0.3, -0.25) is 4.79 Å². The average molecular weight is 288 g/mol. The fraction of sp³-hybridized carbons (Fsp3) is 0.632. The molecule has 1 aliphatic rings. The van der Waals surface area contributed by atoms with Crippen molar-refractivity contribution in [2.75, 3.05) is 7.11 Å². The van der Waals surface area contributed by atoms with Crippen LogP contribution in [0.4, 0.5) is 0 Å². The topological polar surface area (TPSA) is 26.3 Å². The van der Waals surface area contributed by atoms with Crippen LogP contribution in [-0.4, -0.2) is 13.1 Å². The van der Waals surface area contributed by atoms with Gasteiger partial charge < -0.3 is 4.74 Å². The van der Waals surface area contributed by atoms with Crippen molar-refractivity contribution >= 4 is 5.97 Å². The van der Waals surface area contributed by atoms with E-state index in [9.17, 15) is 4.79 Å². The summed E-state index contributed by atoms with van der Waals surface area (Å²) in [5.74, 6) is 0.633. The SMILES string of the molecule is COC(=O)C1(c2cccc(C(C)(C)C)c2)CCC(C)CC1. The molecule has 1 aromatic carbocycles. The highest BCUT2D eigenvalue weighted by Crippen LogP contribution is 2.43. The molecule has 1 fully saturated rings. The van der Waals surface area contributed by atoms with Crippen LogP contribution in [0.2, 0.25) is 0 Å². The molecule has 0 unspecified atom stereocenters. The van der Waals surface area contributed by atoms with Gasteiger partial charge in [0.25, 0.3) is 0 Å². The smallest absolute Gasteiger partial charge is 0.316 e. The molecule has 0 N–H and O–H groups in total. The fourth-order valence-electron chi connectivity index (χ4n) is 3.34. The number of benzene rings is 1. The lowest BCUT2D eigenvalue weighted by molar-refractivity contribution is -0.149. The predicted octanol–water partition coefficient (Wildman–Crippen LogP) is 4.61. The van der Waals surface area contributed by atoms with E-state index in [1.165, 1.54) is 12.7 Å². The molecule has 1 aromatic rings. The monoisotopic (exact) mass is 288 g/mol. The standard InChI is InChI=1S/C19H28O2/c1-14-9-11-19(12-10-14,17(20)21-5)16-8-6-7-15(13-16)18(2,3)4/h6-8,13-14H,9-12H2,1-5H3. The molecule has 0 atom stereocenters. The van der Waals surface area contributed by atoms with Crippen LogP contribution in [0, 0.1) is 5.92 Å². The normalized spacial score (nSPS) is 26.4. The summed E-state index contributed by atoms with van der Waals surface area (Å²) in [6.45, 7) is 8.90. The molecule has 21 heavy (non-hydrogen) atoms. The Morgan fingerprint density at radius 3 is 2.38 bits per heavy atom. The van der Waals surface area contributed by atoms with E-state index < -0.39 is 5.41 Å². The molecule has 0 spiro atoms. The van der Waals surface area contributed by atoms with Crippen molar-refractivity contribution < 1.29 is 9.53 Å². The minimum atomic E-state index is -0.442. The van der Waals surface area contributed by atoms with E-state index in [-0.39, 0.29) is 11.4 Å². The Labute approximate surface area is 128 Å². The van der Waals surface area contributed by atoms with Crippen LogP contribution in [0.5, 0.6) is 0 Å². The molecule has 0 amide bonds. The zero-order chi connectivity index (χ0) is 15.7. The highest BCUT2D eigenvalue weighted by Gasteiger charge is 2.43. The third-order valence-electron chi connectivity index (χ3n) is 4.99. The Morgan fingerprint density at radius 1 is 1.24 bits per heavy atom. The summed E-state index contributed by atoms with van der Waals surface area (Å²) in [5, 5.41) is 0. The van der Waals surface area contributed by atoms with Crippen molar-refractivity contribution in [1.29, 1.82) is 0 Å². The van der Waals surface area contributed by atoms with E-state index >= 15 is 0 Å². The Kier molecular flexibility index (Phi) is 4.46. The molecule has 0 aromatic heterocycles. The highest BCUT2D eigenvalue weighted by molar-refractivity contribution is 5.83. The molecular formula is C19H28O2. The average Bonchev–Trinajstić information content (AvgIpc) is 2.47. The van der Waals surface area contributed by atoms with E-state index in [2.05, 4.69) is 52.0 Å². The Hall–Kier alpha value is -1.31. The van der Waals surface area contributed by atoms with Gasteiger partial charge in [0.1, 0.15) is 0 Å². The second-order valence-corrected chi connectivity index (χ2v) is 7.59. The van der Waals surface area contributed by atoms with Crippen LogP contribution in [0.25, 0.3) is 0 Å². The minimum Gasteiger partial charge on any atom is -0.468 e. The van der Waals surface area contributed by atoms with Crippen LogP contribution < -0.4 is 0 Å². The zero-order valence-electron chi connectivity index (χ0n) is 14.0. The van der Waals surface area contributed by atoms with Gasteiger partial charge in [-0.2, -0.15) is 0 Å². The van der Waals surface area contributed by atoms with Crippen molar-refractivity contribution in [3.8, 4) is 0 Å². The molecule has 1 saturated carbocycles. The molecule has 1 aliphatic carbocycles. The Morgan fingerprint density at radius 2 is 1.86 bits per heavy atom. The third-order valence-corrected chi connectivity index (χ3v) is 4.99. The van der Waals surface area contributed by atoms with E-state index in [0.717, 1.165) is 31.2 Å². The van der Waals surface area contributed by atoms with Crippen molar-refractivity contribution in [2.24, 2.45) is 5.92 Å². The minimum absolute atomic E-state index is 0.0690. The number of hydrogen-bond acceptors (Lipinski definition) is 2. The highest BCUT2D eigenvalue weighted by atomic mass is 16.5. The summed E-state index contributed by atoms with van der Waals surface area (Å²) >= 11 is 0. The summed E-state index contributed by atoms with van der Waals surface area (Å²) in [7, 11) is 1.51. The van der Waals surface area contributed by atoms with Crippen LogP contribution in [0.3, 0.4) is 0 Å². The molecule has 0 saturated heterocycles. The quantitative estimate of drug-likeness (QED) is 0.743. The lowest BCUT2D eigenvalue weighted by atomic mass is 9.66. The summed E-state index contributed by atoms with van der Waals surface area (Å²) in [6.07, 6.45) is 3.98. The predicted molar refractivity (Wildman–Crippen MR) is 86.5 cm³/mol. The van der Waals surface area contributed by atoms with Gasteiger partial charge in [-0.15, -0.1) is 0 Å². The molecule has 0 heterocycles. The number of ether oxygens (including phenoxy) is 1. The summed E-state index contributed by atoms with van der Waals surface area (Å²) in [5.41, 5.74) is 2.06. The van der Waals surface area contributed by atoms with Crippen LogP contribution in [0.1, 0.15) is 64.5 Å². The van der Waals surface area contributed by atoms with E-state index in [1.807, 2.05) is 0 Å². The van der Waals surface area contributed by atoms with E-state index in [0.29, 0.717) is 5.92 Å². The van der Waals surface area contributed by atoms with E-state index in [1.54, 1.807) is 0 Å².